The van der Waals surface area contributed by atoms with Crippen LogP contribution in [0, 0.1) is 11.8 Å². The Kier molecular flexibility index (Phi) is 2.16. The van der Waals surface area contributed by atoms with Crippen LogP contribution in [0.3, 0.4) is 0 Å². The molecule has 1 aromatic carbocycles. The number of hydrogen-bond acceptors (Lipinski definition) is 0. The average molecular weight is 198 g/mol. The molecule has 0 bridgehead atoms. The minimum Gasteiger partial charge on any atom is -0.0949 e. The topological polar surface area (TPSA) is 0 Å². The van der Waals surface area contributed by atoms with Crippen LogP contribution >= 0.6 is 0 Å². The van der Waals surface area contributed by atoms with Gasteiger partial charge in [-0.25, -0.2) is 0 Å². The van der Waals surface area contributed by atoms with Crippen LogP contribution in [-0.2, 0) is 6.42 Å². The van der Waals surface area contributed by atoms with Crippen LogP contribution in [0.25, 0.3) is 5.57 Å². The van der Waals surface area contributed by atoms with E-state index in [0.29, 0.717) is 0 Å². The fourth-order valence-corrected chi connectivity index (χ4v) is 3.40. The first-order valence-electron chi connectivity index (χ1n) is 6.13. The summed E-state index contributed by atoms with van der Waals surface area (Å²) in [5, 5.41) is 0. The SMILES string of the molecule is C=C1c2ccccc2CC2CCCCC12. The largest absolute Gasteiger partial charge is 0.0949 e. The van der Waals surface area contributed by atoms with Crippen LogP contribution in [0.4, 0.5) is 0 Å². The summed E-state index contributed by atoms with van der Waals surface area (Å²) in [6, 6.07) is 8.84. The zero-order valence-corrected chi connectivity index (χ0v) is 9.21. The summed E-state index contributed by atoms with van der Waals surface area (Å²) in [5.74, 6) is 1.68. The lowest BCUT2D eigenvalue weighted by molar-refractivity contribution is 0.284. The van der Waals surface area contributed by atoms with Gasteiger partial charge in [-0.1, -0.05) is 43.7 Å². The van der Waals surface area contributed by atoms with Gasteiger partial charge in [0.25, 0.3) is 0 Å². The first-order valence-corrected chi connectivity index (χ1v) is 6.13. The molecular formula is C15H18. The molecule has 0 heterocycles. The van der Waals surface area contributed by atoms with Gasteiger partial charge in [-0.2, -0.15) is 0 Å². The number of benzene rings is 1. The average Bonchev–Trinajstić information content (AvgIpc) is 2.30. The van der Waals surface area contributed by atoms with Crippen LogP contribution in [0.2, 0.25) is 0 Å². The molecular weight excluding hydrogens is 180 g/mol. The molecule has 0 heteroatoms. The fraction of sp³-hybridized carbons (Fsp3) is 0.467. The van der Waals surface area contributed by atoms with Crippen LogP contribution in [0.1, 0.15) is 36.8 Å². The lowest BCUT2D eigenvalue weighted by atomic mass is 9.67. The van der Waals surface area contributed by atoms with Gasteiger partial charge in [0.1, 0.15) is 0 Å². The Hall–Kier alpha value is -1.04. The Morgan fingerprint density at radius 1 is 1.07 bits per heavy atom. The second kappa shape index (κ2) is 3.52. The molecule has 0 spiro atoms. The van der Waals surface area contributed by atoms with E-state index in [1.165, 1.54) is 48.8 Å². The molecule has 0 N–H and O–H groups in total. The fourth-order valence-electron chi connectivity index (χ4n) is 3.40. The third-order valence-electron chi connectivity index (χ3n) is 4.20. The van der Waals surface area contributed by atoms with Gasteiger partial charge >= 0.3 is 0 Å². The normalized spacial score (nSPS) is 29.5. The van der Waals surface area contributed by atoms with E-state index in [0.717, 1.165) is 11.8 Å². The molecule has 1 saturated carbocycles. The van der Waals surface area contributed by atoms with Gasteiger partial charge in [0.15, 0.2) is 0 Å². The standard InChI is InChI=1S/C15H18/c1-11-14-8-4-2-6-12(14)10-13-7-3-5-9-15(11)13/h2,4,6,8,13,15H,1,3,5,7,9-10H2. The maximum atomic E-state index is 4.34. The van der Waals surface area contributed by atoms with Crippen LogP contribution in [0.5, 0.6) is 0 Å². The summed E-state index contributed by atoms with van der Waals surface area (Å²) in [4.78, 5) is 0. The number of hydrogen-bond donors (Lipinski definition) is 0. The molecule has 3 rings (SSSR count). The zero-order valence-electron chi connectivity index (χ0n) is 9.21. The molecule has 15 heavy (non-hydrogen) atoms. The van der Waals surface area contributed by atoms with Crippen LogP contribution < -0.4 is 0 Å². The molecule has 0 radical (unpaired) electrons. The Labute approximate surface area is 92.0 Å². The van der Waals surface area contributed by atoms with Crippen molar-refractivity contribution in [2.75, 3.05) is 0 Å². The van der Waals surface area contributed by atoms with Gasteiger partial charge < -0.3 is 0 Å². The summed E-state index contributed by atoms with van der Waals surface area (Å²) in [6.45, 7) is 4.34. The first kappa shape index (κ1) is 9.21. The minimum atomic E-state index is 0.786. The molecule has 0 aliphatic heterocycles. The molecule has 0 amide bonds. The molecule has 2 aliphatic rings. The lowest BCUT2D eigenvalue weighted by Crippen LogP contribution is -2.27. The molecule has 1 aromatic rings. The first-order chi connectivity index (χ1) is 7.36. The van der Waals surface area contributed by atoms with Gasteiger partial charge in [0.05, 0.1) is 0 Å². The van der Waals surface area contributed by atoms with Crippen molar-refractivity contribution < 1.29 is 0 Å². The molecule has 2 aliphatic carbocycles. The Morgan fingerprint density at radius 2 is 1.87 bits per heavy atom. The summed E-state index contributed by atoms with van der Waals surface area (Å²) in [7, 11) is 0. The highest BCUT2D eigenvalue weighted by atomic mass is 14.4. The smallest absolute Gasteiger partial charge is 0.0130 e. The molecule has 2 atom stereocenters. The van der Waals surface area contributed by atoms with Crippen LogP contribution in [0.15, 0.2) is 30.8 Å². The Morgan fingerprint density at radius 3 is 2.80 bits per heavy atom. The molecule has 78 valence electrons. The van der Waals surface area contributed by atoms with E-state index in [1.54, 1.807) is 0 Å². The van der Waals surface area contributed by atoms with Gasteiger partial charge in [-0.05, 0) is 47.8 Å². The maximum Gasteiger partial charge on any atom is -0.0130 e. The Bertz CT molecular complexity index is 389. The molecule has 0 aromatic heterocycles. The van der Waals surface area contributed by atoms with E-state index in [4.69, 9.17) is 0 Å². The molecule has 0 saturated heterocycles. The number of fused-ring (bicyclic) bond motifs is 2. The van der Waals surface area contributed by atoms with Gasteiger partial charge in [0, 0.05) is 0 Å². The highest BCUT2D eigenvalue weighted by Crippen LogP contribution is 2.45. The van der Waals surface area contributed by atoms with Crippen molar-refractivity contribution in [1.29, 1.82) is 0 Å². The van der Waals surface area contributed by atoms with Crippen molar-refractivity contribution in [2.45, 2.75) is 32.1 Å². The van der Waals surface area contributed by atoms with E-state index in [-0.39, 0.29) is 0 Å². The van der Waals surface area contributed by atoms with Crippen molar-refractivity contribution in [1.82, 2.24) is 0 Å². The predicted molar refractivity (Wildman–Crippen MR) is 64.6 cm³/mol. The van der Waals surface area contributed by atoms with E-state index in [2.05, 4.69) is 30.8 Å². The van der Waals surface area contributed by atoms with Crippen molar-refractivity contribution >= 4 is 5.57 Å². The van der Waals surface area contributed by atoms with E-state index >= 15 is 0 Å². The highest BCUT2D eigenvalue weighted by Gasteiger charge is 2.32. The number of allylic oxidation sites excluding steroid dienone is 1. The maximum absolute atomic E-state index is 4.34. The number of rotatable bonds is 0. The third kappa shape index (κ3) is 1.43. The van der Waals surface area contributed by atoms with Crippen molar-refractivity contribution in [3.05, 3.63) is 42.0 Å². The van der Waals surface area contributed by atoms with Crippen LogP contribution in [-0.4, -0.2) is 0 Å². The van der Waals surface area contributed by atoms with E-state index < -0.39 is 0 Å². The highest BCUT2D eigenvalue weighted by molar-refractivity contribution is 5.70. The summed E-state index contributed by atoms with van der Waals surface area (Å²) >= 11 is 0. The molecule has 2 unspecified atom stereocenters. The summed E-state index contributed by atoms with van der Waals surface area (Å²) in [6.07, 6.45) is 6.91. The van der Waals surface area contributed by atoms with Gasteiger partial charge in [0.2, 0.25) is 0 Å². The Balaban J connectivity index is 2.02. The third-order valence-corrected chi connectivity index (χ3v) is 4.20. The predicted octanol–water partition coefficient (Wildman–Crippen LogP) is 4.06. The monoisotopic (exact) mass is 198 g/mol. The van der Waals surface area contributed by atoms with E-state index in [1.807, 2.05) is 0 Å². The van der Waals surface area contributed by atoms with E-state index in [9.17, 15) is 0 Å². The molecule has 0 nitrogen and oxygen atoms in total. The molecule has 1 fully saturated rings. The summed E-state index contributed by atoms with van der Waals surface area (Å²) < 4.78 is 0. The lowest BCUT2D eigenvalue weighted by Gasteiger charge is -2.38. The second-order valence-corrected chi connectivity index (χ2v) is 5.04. The zero-order chi connectivity index (χ0) is 10.3. The van der Waals surface area contributed by atoms with Gasteiger partial charge in [-0.3, -0.25) is 0 Å². The van der Waals surface area contributed by atoms with Gasteiger partial charge in [-0.15, -0.1) is 0 Å². The van der Waals surface area contributed by atoms with Crippen molar-refractivity contribution in [3.8, 4) is 0 Å². The van der Waals surface area contributed by atoms with Crippen molar-refractivity contribution in [3.63, 3.8) is 0 Å². The minimum absolute atomic E-state index is 0.786. The second-order valence-electron chi connectivity index (χ2n) is 5.04. The summed E-state index contributed by atoms with van der Waals surface area (Å²) in [5.41, 5.74) is 4.40. The van der Waals surface area contributed by atoms with Crippen molar-refractivity contribution in [2.24, 2.45) is 11.8 Å². The quantitative estimate of drug-likeness (QED) is 0.589.